The number of aromatic amines is 1. The summed E-state index contributed by atoms with van der Waals surface area (Å²) in [5.74, 6) is -0.319. The van der Waals surface area contributed by atoms with Crippen LogP contribution in [-0.4, -0.2) is 14.7 Å². The molecule has 0 atom stereocenters. The number of nitrogens with one attached hydrogen (secondary N) is 1. The average molecular weight is 274 g/mol. The highest BCUT2D eigenvalue weighted by Crippen LogP contribution is 2.16. The smallest absolute Gasteiger partial charge is 0.335 e. The van der Waals surface area contributed by atoms with Crippen molar-refractivity contribution in [1.82, 2.24) is 9.55 Å². The van der Waals surface area contributed by atoms with E-state index in [0.29, 0.717) is 5.69 Å². The van der Waals surface area contributed by atoms with E-state index in [0.717, 1.165) is 23.8 Å². The van der Waals surface area contributed by atoms with Gasteiger partial charge in [0.15, 0.2) is 0 Å². The van der Waals surface area contributed by atoms with Crippen LogP contribution in [0, 0.1) is 6.92 Å². The molecule has 106 valence electrons. The Bertz CT molecular complexity index is 711. The summed E-state index contributed by atoms with van der Waals surface area (Å²) in [7, 11) is 0. The lowest BCUT2D eigenvalue weighted by atomic mass is 10.1. The number of benzene rings is 1. The largest absolute Gasteiger partial charge is 0.494 e. The van der Waals surface area contributed by atoms with Crippen molar-refractivity contribution in [3.05, 3.63) is 56.2 Å². The van der Waals surface area contributed by atoms with E-state index < -0.39 is 11.2 Å². The second kappa shape index (κ2) is 5.77. The van der Waals surface area contributed by atoms with Gasteiger partial charge in [-0.15, -0.1) is 0 Å². The van der Waals surface area contributed by atoms with Crippen LogP contribution >= 0.6 is 0 Å². The third-order valence-corrected chi connectivity index (χ3v) is 3.32. The van der Waals surface area contributed by atoms with Gasteiger partial charge in [-0.2, -0.15) is 0 Å². The molecule has 0 bridgehead atoms. The van der Waals surface area contributed by atoms with Crippen LogP contribution in [0.1, 0.15) is 30.9 Å². The Kier molecular flexibility index (Phi) is 4.08. The zero-order valence-electron chi connectivity index (χ0n) is 11.6. The highest BCUT2D eigenvalue weighted by Gasteiger charge is 2.11. The van der Waals surface area contributed by atoms with Crippen LogP contribution < -0.4 is 11.2 Å². The van der Waals surface area contributed by atoms with E-state index in [1.54, 1.807) is 12.1 Å². The lowest BCUT2D eigenvalue weighted by molar-refractivity contribution is 0.426. The number of nitrogens with zero attached hydrogens (tertiary/aromatic N) is 1. The standard InChI is InChI=1S/C15H18N2O3/c1-3-4-5-11-6-8-12(9-7-11)17-14(19)10(2)13(18)16-15(17)20/h6-9,19H,3-5H2,1-2H3,(H,16,18,20). The van der Waals surface area contributed by atoms with Crippen molar-refractivity contribution in [2.45, 2.75) is 33.1 Å². The molecule has 1 aromatic heterocycles. The molecule has 0 unspecified atom stereocenters. The lowest BCUT2D eigenvalue weighted by Crippen LogP contribution is -2.30. The number of unbranched alkanes of at least 4 members (excludes halogenated alkanes) is 1. The Labute approximate surface area is 116 Å². The second-order valence-electron chi connectivity index (χ2n) is 4.81. The maximum atomic E-state index is 11.8. The molecule has 0 amide bonds. The first-order valence-corrected chi connectivity index (χ1v) is 6.68. The van der Waals surface area contributed by atoms with Crippen molar-refractivity contribution in [2.75, 3.05) is 0 Å². The minimum absolute atomic E-state index is 0.125. The molecule has 0 spiro atoms. The summed E-state index contributed by atoms with van der Waals surface area (Å²) in [5.41, 5.74) is 0.638. The molecule has 0 radical (unpaired) electrons. The van der Waals surface area contributed by atoms with Gasteiger partial charge in [-0.3, -0.25) is 9.78 Å². The Hall–Kier alpha value is -2.30. The number of rotatable bonds is 4. The van der Waals surface area contributed by atoms with Crippen molar-refractivity contribution in [3.8, 4) is 11.6 Å². The summed E-state index contributed by atoms with van der Waals surface area (Å²) in [6, 6.07) is 7.39. The van der Waals surface area contributed by atoms with E-state index >= 15 is 0 Å². The Morgan fingerprint density at radius 1 is 1.20 bits per heavy atom. The van der Waals surface area contributed by atoms with Crippen LogP contribution in [0.25, 0.3) is 5.69 Å². The van der Waals surface area contributed by atoms with E-state index in [-0.39, 0.29) is 11.4 Å². The Balaban J connectivity index is 2.45. The van der Waals surface area contributed by atoms with Gasteiger partial charge in [-0.05, 0) is 37.5 Å². The minimum atomic E-state index is -0.639. The van der Waals surface area contributed by atoms with E-state index in [9.17, 15) is 14.7 Å². The number of hydrogen-bond acceptors (Lipinski definition) is 3. The maximum absolute atomic E-state index is 11.8. The highest BCUT2D eigenvalue weighted by atomic mass is 16.3. The van der Waals surface area contributed by atoms with Gasteiger partial charge in [0.1, 0.15) is 0 Å². The van der Waals surface area contributed by atoms with Gasteiger partial charge in [0.05, 0.1) is 11.3 Å². The van der Waals surface area contributed by atoms with Crippen molar-refractivity contribution in [2.24, 2.45) is 0 Å². The number of aromatic hydroxyl groups is 1. The third kappa shape index (κ3) is 2.66. The quantitative estimate of drug-likeness (QED) is 0.894. The molecule has 0 aliphatic heterocycles. The predicted molar refractivity (Wildman–Crippen MR) is 77.7 cm³/mol. The normalized spacial score (nSPS) is 10.7. The van der Waals surface area contributed by atoms with Crippen LogP contribution in [0.2, 0.25) is 0 Å². The van der Waals surface area contributed by atoms with Gasteiger partial charge in [0, 0.05) is 0 Å². The molecular weight excluding hydrogens is 256 g/mol. The maximum Gasteiger partial charge on any atom is 0.335 e. The van der Waals surface area contributed by atoms with Gasteiger partial charge in [-0.1, -0.05) is 25.5 Å². The van der Waals surface area contributed by atoms with Crippen LogP contribution in [0.15, 0.2) is 33.9 Å². The molecule has 2 N–H and O–H groups in total. The molecule has 5 nitrogen and oxygen atoms in total. The molecule has 1 aromatic carbocycles. The number of aryl methyl sites for hydroxylation is 1. The molecule has 0 saturated heterocycles. The van der Waals surface area contributed by atoms with E-state index in [1.165, 1.54) is 12.5 Å². The Morgan fingerprint density at radius 3 is 2.45 bits per heavy atom. The topological polar surface area (TPSA) is 75.1 Å². The first-order chi connectivity index (χ1) is 9.54. The zero-order valence-corrected chi connectivity index (χ0v) is 11.6. The summed E-state index contributed by atoms with van der Waals surface area (Å²) in [6.45, 7) is 3.61. The summed E-state index contributed by atoms with van der Waals surface area (Å²) >= 11 is 0. The van der Waals surface area contributed by atoms with Crippen LogP contribution in [0.4, 0.5) is 0 Å². The van der Waals surface area contributed by atoms with E-state index in [2.05, 4.69) is 11.9 Å². The highest BCUT2D eigenvalue weighted by molar-refractivity contribution is 5.39. The third-order valence-electron chi connectivity index (χ3n) is 3.32. The molecule has 0 saturated carbocycles. The molecule has 0 aliphatic carbocycles. The van der Waals surface area contributed by atoms with Crippen molar-refractivity contribution in [3.63, 3.8) is 0 Å². The fourth-order valence-electron chi connectivity index (χ4n) is 2.04. The molecule has 2 aromatic rings. The molecular formula is C15H18N2O3. The molecule has 0 fully saturated rings. The average Bonchev–Trinajstić information content (AvgIpc) is 2.44. The van der Waals surface area contributed by atoms with Crippen molar-refractivity contribution in [1.29, 1.82) is 0 Å². The van der Waals surface area contributed by atoms with Gasteiger partial charge in [-0.25, -0.2) is 9.36 Å². The first kappa shape index (κ1) is 14.1. The summed E-state index contributed by atoms with van der Waals surface area (Å²) in [6.07, 6.45) is 3.23. The molecule has 20 heavy (non-hydrogen) atoms. The molecule has 2 rings (SSSR count). The number of H-pyrrole nitrogens is 1. The SMILES string of the molecule is CCCCc1ccc(-n2c(O)c(C)c(=O)[nH]c2=O)cc1. The predicted octanol–water partition coefficient (Wildman–Crippen LogP) is 1.88. The van der Waals surface area contributed by atoms with Crippen LogP contribution in [0.3, 0.4) is 0 Å². The van der Waals surface area contributed by atoms with E-state index in [1.807, 2.05) is 12.1 Å². The van der Waals surface area contributed by atoms with E-state index in [4.69, 9.17) is 0 Å². The lowest BCUT2D eigenvalue weighted by Gasteiger charge is -2.10. The zero-order chi connectivity index (χ0) is 14.7. The summed E-state index contributed by atoms with van der Waals surface area (Å²) in [4.78, 5) is 25.4. The van der Waals surface area contributed by atoms with Gasteiger partial charge < -0.3 is 5.11 Å². The van der Waals surface area contributed by atoms with Crippen LogP contribution in [0.5, 0.6) is 5.88 Å². The number of hydrogen-bond donors (Lipinski definition) is 2. The molecule has 5 heteroatoms. The van der Waals surface area contributed by atoms with Crippen LogP contribution in [-0.2, 0) is 6.42 Å². The summed E-state index contributed by atoms with van der Waals surface area (Å²) < 4.78 is 1.10. The van der Waals surface area contributed by atoms with Gasteiger partial charge >= 0.3 is 5.69 Å². The molecule has 0 aliphatic rings. The Morgan fingerprint density at radius 2 is 1.85 bits per heavy atom. The monoisotopic (exact) mass is 274 g/mol. The van der Waals surface area contributed by atoms with Gasteiger partial charge in [0.2, 0.25) is 5.88 Å². The van der Waals surface area contributed by atoms with Crippen molar-refractivity contribution >= 4 is 0 Å². The van der Waals surface area contributed by atoms with Gasteiger partial charge in [0.25, 0.3) is 5.56 Å². The van der Waals surface area contributed by atoms with Crippen molar-refractivity contribution < 1.29 is 5.11 Å². The fraction of sp³-hybridized carbons (Fsp3) is 0.333. The number of aromatic nitrogens is 2. The first-order valence-electron chi connectivity index (χ1n) is 6.68. The second-order valence-corrected chi connectivity index (χ2v) is 4.81. The fourth-order valence-corrected chi connectivity index (χ4v) is 2.04. The minimum Gasteiger partial charge on any atom is -0.494 e. The summed E-state index contributed by atoms with van der Waals surface area (Å²) in [5, 5.41) is 9.97. The molecule has 1 heterocycles.